The number of benzene rings is 1. The van der Waals surface area contributed by atoms with Crippen LogP contribution in [0.1, 0.15) is 6.92 Å². The summed E-state index contributed by atoms with van der Waals surface area (Å²) in [7, 11) is -2.66. The zero-order chi connectivity index (χ0) is 30.3. The molecule has 0 fully saturated rings. The fourth-order valence-corrected chi connectivity index (χ4v) is 3.33. The highest BCUT2D eigenvalue weighted by atomic mass is 35.5. The van der Waals surface area contributed by atoms with Gasteiger partial charge in [0.2, 0.25) is 10.0 Å². The number of hydrogen-bond donors (Lipinski definition) is 4. The van der Waals surface area contributed by atoms with Gasteiger partial charge in [0.1, 0.15) is 29.5 Å². The molecule has 40 heavy (non-hydrogen) atoms. The van der Waals surface area contributed by atoms with E-state index in [1.165, 1.54) is 25.6 Å². The van der Waals surface area contributed by atoms with Gasteiger partial charge in [-0.1, -0.05) is 11.6 Å². The summed E-state index contributed by atoms with van der Waals surface area (Å²) in [5.41, 5.74) is -0.0447. The third-order valence-electron chi connectivity index (χ3n) is 4.45. The Morgan fingerprint density at radius 1 is 0.975 bits per heavy atom. The number of aromatic nitrogens is 3. The largest absolute Gasteiger partial charge is 0.490 e. The van der Waals surface area contributed by atoms with E-state index >= 15 is 0 Å². The number of sulfonamides is 1. The SMILES string of the molecule is CNS(=O)(=O)c1ccc(OC(C)C(F)(F)F)c(Nc2cc(Nc3ccc(Cl)cn3)ncn2)c1.O=C(O)C(F)(F)F. The molecule has 0 amide bonds. The molecular weight excluding hydrogens is 598 g/mol. The molecule has 0 aliphatic rings. The first kappa shape index (κ1) is 32.3. The van der Waals surface area contributed by atoms with Crippen LogP contribution in [0, 0.1) is 0 Å². The molecule has 1 aromatic carbocycles. The molecule has 2 aromatic heterocycles. The number of ether oxygens (including phenoxy) is 1. The van der Waals surface area contributed by atoms with Crippen LogP contribution in [0.3, 0.4) is 0 Å². The third-order valence-corrected chi connectivity index (χ3v) is 6.09. The van der Waals surface area contributed by atoms with E-state index in [0.717, 1.165) is 25.1 Å². The van der Waals surface area contributed by atoms with Gasteiger partial charge in [-0.05, 0) is 44.3 Å². The average Bonchev–Trinajstić information content (AvgIpc) is 2.86. The van der Waals surface area contributed by atoms with E-state index in [-0.39, 0.29) is 22.2 Å². The summed E-state index contributed by atoms with van der Waals surface area (Å²) >= 11 is 5.81. The molecule has 0 spiro atoms. The first-order valence-corrected chi connectivity index (χ1v) is 12.4. The second-order valence-corrected chi connectivity index (χ2v) is 9.69. The molecular formula is C21H19ClF6N6O5S. The Labute approximate surface area is 227 Å². The summed E-state index contributed by atoms with van der Waals surface area (Å²) in [5, 5.41) is 13.3. The molecule has 3 aromatic rings. The maximum absolute atomic E-state index is 13.0. The molecule has 2 heterocycles. The molecule has 1 atom stereocenters. The number of carboxylic acid groups (broad SMARTS) is 1. The van der Waals surface area contributed by atoms with Gasteiger partial charge in [0.15, 0.2) is 6.10 Å². The molecule has 0 aliphatic heterocycles. The van der Waals surface area contributed by atoms with E-state index in [0.29, 0.717) is 16.7 Å². The first-order valence-electron chi connectivity index (χ1n) is 10.5. The number of nitrogens with one attached hydrogen (secondary N) is 3. The van der Waals surface area contributed by atoms with Gasteiger partial charge in [0.05, 0.1) is 15.6 Å². The maximum Gasteiger partial charge on any atom is 0.490 e. The van der Waals surface area contributed by atoms with E-state index in [1.807, 2.05) is 0 Å². The van der Waals surface area contributed by atoms with Crippen molar-refractivity contribution >= 4 is 50.7 Å². The molecule has 0 saturated carbocycles. The molecule has 0 radical (unpaired) electrons. The van der Waals surface area contributed by atoms with Crippen LogP contribution in [0.2, 0.25) is 5.02 Å². The third kappa shape index (κ3) is 9.69. The molecule has 11 nitrogen and oxygen atoms in total. The van der Waals surface area contributed by atoms with E-state index in [4.69, 9.17) is 26.2 Å². The Morgan fingerprint density at radius 2 is 1.57 bits per heavy atom. The lowest BCUT2D eigenvalue weighted by Crippen LogP contribution is -2.31. The summed E-state index contributed by atoms with van der Waals surface area (Å²) in [6.07, 6.45) is -9.20. The van der Waals surface area contributed by atoms with E-state index in [9.17, 15) is 34.8 Å². The zero-order valence-electron chi connectivity index (χ0n) is 20.2. The minimum absolute atomic E-state index is 0.0447. The predicted molar refractivity (Wildman–Crippen MR) is 130 cm³/mol. The molecule has 19 heteroatoms. The van der Waals surface area contributed by atoms with Crippen LogP contribution >= 0.6 is 11.6 Å². The molecule has 0 saturated heterocycles. The lowest BCUT2D eigenvalue weighted by atomic mass is 10.2. The molecule has 3 rings (SSSR count). The second kappa shape index (κ2) is 13.0. The minimum Gasteiger partial charge on any atom is -0.479 e. The summed E-state index contributed by atoms with van der Waals surface area (Å²) in [5.74, 6) is -2.07. The van der Waals surface area contributed by atoms with Gasteiger partial charge in [-0.25, -0.2) is 32.9 Å². The Kier molecular flexibility index (Phi) is 10.5. The number of nitrogens with zero attached hydrogens (tertiary/aromatic N) is 3. The van der Waals surface area contributed by atoms with Crippen LogP contribution in [0.15, 0.2) is 53.8 Å². The number of alkyl halides is 6. The quantitative estimate of drug-likeness (QED) is 0.257. The van der Waals surface area contributed by atoms with Crippen molar-refractivity contribution in [3.63, 3.8) is 0 Å². The van der Waals surface area contributed by atoms with Crippen molar-refractivity contribution in [1.82, 2.24) is 19.7 Å². The van der Waals surface area contributed by atoms with Gasteiger partial charge >= 0.3 is 18.3 Å². The number of pyridine rings is 1. The summed E-state index contributed by atoms with van der Waals surface area (Å²) in [6, 6.07) is 8.10. The van der Waals surface area contributed by atoms with E-state index in [2.05, 4.69) is 30.3 Å². The Bertz CT molecular complexity index is 1420. The standard InChI is InChI=1S/C19H18ClF3N6O3S.C2HF3O2/c1-11(19(21,22)23)32-15-5-4-13(33(30,31)24-2)7-14(15)28-17-8-18(27-10-26-17)29-16-6-3-12(20)9-25-16;3-2(4,5)1(6)7/h3-11,24H,1-2H3,(H2,25,26,27,28,29);(H,6,7). The summed E-state index contributed by atoms with van der Waals surface area (Å²) in [4.78, 5) is 20.9. The number of aliphatic carboxylic acids is 1. The number of anilines is 4. The molecule has 1 unspecified atom stereocenters. The minimum atomic E-state index is -5.08. The number of hydrogen-bond acceptors (Lipinski definition) is 9. The average molecular weight is 617 g/mol. The van der Waals surface area contributed by atoms with E-state index < -0.39 is 34.4 Å². The Balaban J connectivity index is 0.000000708. The van der Waals surface area contributed by atoms with Crippen LogP contribution in [0.25, 0.3) is 0 Å². The van der Waals surface area contributed by atoms with Crippen molar-refractivity contribution in [3.8, 4) is 5.75 Å². The van der Waals surface area contributed by atoms with Crippen LogP contribution in [-0.2, 0) is 14.8 Å². The van der Waals surface area contributed by atoms with Crippen LogP contribution in [0.4, 0.5) is 49.5 Å². The lowest BCUT2D eigenvalue weighted by molar-refractivity contribution is -0.192. The fraction of sp³-hybridized carbons (Fsp3) is 0.238. The summed E-state index contributed by atoms with van der Waals surface area (Å²) in [6.45, 7) is 0.841. The van der Waals surface area contributed by atoms with Crippen LogP contribution in [0.5, 0.6) is 5.75 Å². The van der Waals surface area contributed by atoms with Gasteiger partial charge < -0.3 is 20.5 Å². The number of halogens is 7. The first-order chi connectivity index (χ1) is 18.4. The molecule has 0 aliphatic carbocycles. The summed E-state index contributed by atoms with van der Waals surface area (Å²) < 4.78 is 102. The number of carboxylic acids is 1. The molecule has 218 valence electrons. The van der Waals surface area contributed by atoms with Crippen molar-refractivity contribution in [2.24, 2.45) is 0 Å². The predicted octanol–water partition coefficient (Wildman–Crippen LogP) is 4.88. The number of rotatable bonds is 8. The smallest absolute Gasteiger partial charge is 0.479 e. The highest BCUT2D eigenvalue weighted by Gasteiger charge is 2.39. The van der Waals surface area contributed by atoms with Crippen molar-refractivity contribution in [1.29, 1.82) is 0 Å². The monoisotopic (exact) mass is 616 g/mol. The lowest BCUT2D eigenvalue weighted by Gasteiger charge is -2.20. The number of carbonyl (C=O) groups is 1. The Hall–Kier alpha value is -3.90. The molecule has 4 N–H and O–H groups in total. The normalized spacial score (nSPS) is 12.5. The van der Waals surface area contributed by atoms with Crippen LogP contribution < -0.4 is 20.1 Å². The van der Waals surface area contributed by atoms with Crippen LogP contribution in [-0.4, -0.2) is 59.9 Å². The van der Waals surface area contributed by atoms with Crippen molar-refractivity contribution in [2.45, 2.75) is 30.3 Å². The highest BCUT2D eigenvalue weighted by Crippen LogP contribution is 2.34. The fourth-order valence-electron chi connectivity index (χ4n) is 2.46. The maximum atomic E-state index is 13.0. The van der Waals surface area contributed by atoms with E-state index in [1.54, 1.807) is 12.1 Å². The van der Waals surface area contributed by atoms with Crippen molar-refractivity contribution in [3.05, 3.63) is 53.9 Å². The van der Waals surface area contributed by atoms with Crippen molar-refractivity contribution < 1.29 is 49.4 Å². The van der Waals surface area contributed by atoms with Crippen molar-refractivity contribution in [2.75, 3.05) is 17.7 Å². The highest BCUT2D eigenvalue weighted by molar-refractivity contribution is 7.89. The second-order valence-electron chi connectivity index (χ2n) is 7.37. The topological polar surface area (TPSA) is 155 Å². The molecule has 0 bridgehead atoms. The Morgan fingerprint density at radius 3 is 2.08 bits per heavy atom. The van der Waals surface area contributed by atoms with Gasteiger partial charge in [-0.2, -0.15) is 26.3 Å². The zero-order valence-corrected chi connectivity index (χ0v) is 21.7. The van der Waals surface area contributed by atoms with Gasteiger partial charge in [0, 0.05) is 12.3 Å². The van der Waals surface area contributed by atoms with Gasteiger partial charge in [-0.15, -0.1) is 0 Å². The van der Waals surface area contributed by atoms with Gasteiger partial charge in [0.25, 0.3) is 0 Å². The van der Waals surface area contributed by atoms with Gasteiger partial charge in [-0.3, -0.25) is 0 Å².